The minimum Gasteiger partial charge on any atom is -0.497 e. The van der Waals surface area contributed by atoms with Crippen LogP contribution >= 0.6 is 0 Å². The molecule has 2 aromatic carbocycles. The fraction of sp³-hybridized carbons (Fsp3) is 0.143. The molecule has 0 aliphatic carbocycles. The molecule has 0 heterocycles. The van der Waals surface area contributed by atoms with Crippen molar-refractivity contribution in [3.05, 3.63) is 48.0 Å². The summed E-state index contributed by atoms with van der Waals surface area (Å²) < 4.78 is 63.1. The summed E-state index contributed by atoms with van der Waals surface area (Å²) in [6.45, 7) is 0. The lowest BCUT2D eigenvalue weighted by Crippen LogP contribution is -2.15. The summed E-state index contributed by atoms with van der Waals surface area (Å²) >= 11 is 0. The molecule has 1 N–H and O–H groups in total. The largest absolute Gasteiger partial charge is 0.497 e. The summed E-state index contributed by atoms with van der Waals surface area (Å²) in [5.74, 6) is -1.38. The van der Waals surface area contributed by atoms with Gasteiger partial charge in [-0.2, -0.15) is 0 Å². The molecule has 8 heteroatoms. The standard InChI is InChI=1S/C14H13F2NO4S/c1-20-10-4-6-14(13(8-10)21-2)22(18,19)17-12-5-3-9(15)7-11(12)16/h3-8,17H,1-2H3. The van der Waals surface area contributed by atoms with Crippen LogP contribution in [0.5, 0.6) is 11.5 Å². The van der Waals surface area contributed by atoms with Gasteiger partial charge in [0.25, 0.3) is 10.0 Å². The third kappa shape index (κ3) is 3.28. The predicted molar refractivity (Wildman–Crippen MR) is 76.7 cm³/mol. The van der Waals surface area contributed by atoms with Gasteiger partial charge in [-0.25, -0.2) is 17.2 Å². The molecule has 5 nitrogen and oxygen atoms in total. The number of hydrogen-bond donors (Lipinski definition) is 1. The first-order valence-corrected chi connectivity index (χ1v) is 7.55. The van der Waals surface area contributed by atoms with Crippen LogP contribution in [-0.2, 0) is 10.0 Å². The summed E-state index contributed by atoms with van der Waals surface area (Å²) in [6.07, 6.45) is 0. The van der Waals surface area contributed by atoms with Gasteiger partial charge in [0.2, 0.25) is 0 Å². The lowest BCUT2D eigenvalue weighted by molar-refractivity contribution is 0.386. The zero-order chi connectivity index (χ0) is 16.3. The number of sulfonamides is 1. The Labute approximate surface area is 126 Å². The van der Waals surface area contributed by atoms with Crippen LogP contribution in [0.2, 0.25) is 0 Å². The molecule has 2 aromatic rings. The van der Waals surface area contributed by atoms with Crippen molar-refractivity contribution < 1.29 is 26.7 Å². The molecule has 118 valence electrons. The number of halogens is 2. The van der Waals surface area contributed by atoms with E-state index in [0.717, 1.165) is 12.1 Å². The van der Waals surface area contributed by atoms with Crippen LogP contribution in [-0.4, -0.2) is 22.6 Å². The fourth-order valence-electron chi connectivity index (χ4n) is 1.77. The summed E-state index contributed by atoms with van der Waals surface area (Å²) in [6, 6.07) is 6.61. The Kier molecular flexibility index (Phi) is 4.51. The van der Waals surface area contributed by atoms with Crippen molar-refractivity contribution in [1.82, 2.24) is 0 Å². The summed E-state index contributed by atoms with van der Waals surface area (Å²) in [5, 5.41) is 0. The smallest absolute Gasteiger partial charge is 0.265 e. The summed E-state index contributed by atoms with van der Waals surface area (Å²) in [5.41, 5.74) is -0.362. The number of methoxy groups -OCH3 is 2. The molecular weight excluding hydrogens is 316 g/mol. The third-order valence-corrected chi connectivity index (χ3v) is 4.24. The average molecular weight is 329 g/mol. The van der Waals surface area contributed by atoms with Crippen LogP contribution in [0.3, 0.4) is 0 Å². The molecule has 0 spiro atoms. The molecule has 0 amide bonds. The van der Waals surface area contributed by atoms with Crippen LogP contribution in [0, 0.1) is 11.6 Å². The SMILES string of the molecule is COc1ccc(S(=O)(=O)Nc2ccc(F)cc2F)c(OC)c1. The fourth-order valence-corrected chi connectivity index (χ4v) is 2.99. The minimum atomic E-state index is -4.11. The second-order valence-corrected chi connectivity index (χ2v) is 5.90. The molecule has 22 heavy (non-hydrogen) atoms. The topological polar surface area (TPSA) is 64.6 Å². The lowest BCUT2D eigenvalue weighted by atomic mass is 10.3. The molecule has 0 fully saturated rings. The second kappa shape index (κ2) is 6.18. The molecule has 2 rings (SSSR count). The second-order valence-electron chi connectivity index (χ2n) is 4.25. The molecule has 0 atom stereocenters. The van der Waals surface area contributed by atoms with Crippen LogP contribution < -0.4 is 14.2 Å². The predicted octanol–water partition coefficient (Wildman–Crippen LogP) is 2.78. The molecule has 0 bridgehead atoms. The number of benzene rings is 2. The highest BCUT2D eigenvalue weighted by molar-refractivity contribution is 7.92. The number of rotatable bonds is 5. The Balaban J connectivity index is 2.42. The zero-order valence-electron chi connectivity index (χ0n) is 11.8. The normalized spacial score (nSPS) is 11.1. The van der Waals surface area contributed by atoms with Gasteiger partial charge in [-0.05, 0) is 24.3 Å². The monoisotopic (exact) mass is 329 g/mol. The van der Waals surface area contributed by atoms with E-state index < -0.39 is 21.7 Å². The van der Waals surface area contributed by atoms with Crippen LogP contribution in [0.15, 0.2) is 41.3 Å². The van der Waals surface area contributed by atoms with Crippen LogP contribution in [0.1, 0.15) is 0 Å². The quantitative estimate of drug-likeness (QED) is 0.916. The number of ether oxygens (including phenoxy) is 2. The summed E-state index contributed by atoms with van der Waals surface area (Å²) in [7, 11) is -1.39. The van der Waals surface area contributed by atoms with Crippen LogP contribution in [0.4, 0.5) is 14.5 Å². The molecule has 0 aliphatic heterocycles. The Morgan fingerprint density at radius 1 is 1.00 bits per heavy atom. The van der Waals surface area contributed by atoms with E-state index in [0.29, 0.717) is 11.8 Å². The van der Waals surface area contributed by atoms with E-state index in [1.165, 1.54) is 32.4 Å². The first-order chi connectivity index (χ1) is 10.4. The summed E-state index contributed by atoms with van der Waals surface area (Å²) in [4.78, 5) is -0.195. The van der Waals surface area contributed by atoms with Crippen molar-refractivity contribution in [3.63, 3.8) is 0 Å². The molecule has 0 aliphatic rings. The van der Waals surface area contributed by atoms with Crippen molar-refractivity contribution in [2.24, 2.45) is 0 Å². The van der Waals surface area contributed by atoms with E-state index in [4.69, 9.17) is 9.47 Å². The van der Waals surface area contributed by atoms with Crippen molar-refractivity contribution in [2.45, 2.75) is 4.90 Å². The van der Waals surface area contributed by atoms with Crippen molar-refractivity contribution in [3.8, 4) is 11.5 Å². The molecular formula is C14H13F2NO4S. The first-order valence-electron chi connectivity index (χ1n) is 6.07. The average Bonchev–Trinajstić information content (AvgIpc) is 2.49. The van der Waals surface area contributed by atoms with Gasteiger partial charge in [0, 0.05) is 12.1 Å². The van der Waals surface area contributed by atoms with E-state index >= 15 is 0 Å². The van der Waals surface area contributed by atoms with Gasteiger partial charge >= 0.3 is 0 Å². The molecule has 0 unspecified atom stereocenters. The Bertz CT molecular complexity index is 793. The van der Waals surface area contributed by atoms with Gasteiger partial charge in [-0.15, -0.1) is 0 Å². The number of hydrogen-bond acceptors (Lipinski definition) is 4. The zero-order valence-corrected chi connectivity index (χ0v) is 12.6. The van der Waals surface area contributed by atoms with E-state index in [-0.39, 0.29) is 16.3 Å². The molecule has 0 saturated carbocycles. The van der Waals surface area contributed by atoms with Gasteiger partial charge < -0.3 is 9.47 Å². The first kappa shape index (κ1) is 16.0. The Morgan fingerprint density at radius 2 is 1.73 bits per heavy atom. The maximum absolute atomic E-state index is 13.6. The van der Waals surface area contributed by atoms with Crippen molar-refractivity contribution >= 4 is 15.7 Å². The van der Waals surface area contributed by atoms with Crippen LogP contribution in [0.25, 0.3) is 0 Å². The van der Waals surface area contributed by atoms with Crippen molar-refractivity contribution in [2.75, 3.05) is 18.9 Å². The van der Waals surface area contributed by atoms with Gasteiger partial charge in [0.15, 0.2) is 0 Å². The number of anilines is 1. The third-order valence-electron chi connectivity index (χ3n) is 2.84. The highest BCUT2D eigenvalue weighted by atomic mass is 32.2. The molecule has 0 aromatic heterocycles. The van der Waals surface area contributed by atoms with E-state index in [9.17, 15) is 17.2 Å². The number of nitrogens with one attached hydrogen (secondary N) is 1. The maximum Gasteiger partial charge on any atom is 0.265 e. The van der Waals surface area contributed by atoms with E-state index in [1.807, 2.05) is 0 Å². The Hall–Kier alpha value is -2.35. The Morgan fingerprint density at radius 3 is 2.32 bits per heavy atom. The van der Waals surface area contributed by atoms with E-state index in [1.54, 1.807) is 0 Å². The maximum atomic E-state index is 13.6. The van der Waals surface area contributed by atoms with E-state index in [2.05, 4.69) is 4.72 Å². The van der Waals surface area contributed by atoms with Gasteiger partial charge in [0.1, 0.15) is 28.0 Å². The molecule has 0 radical (unpaired) electrons. The minimum absolute atomic E-state index is 0.0365. The highest BCUT2D eigenvalue weighted by Crippen LogP contribution is 2.30. The molecule has 0 saturated heterocycles. The van der Waals surface area contributed by atoms with Gasteiger partial charge in [-0.3, -0.25) is 4.72 Å². The lowest BCUT2D eigenvalue weighted by Gasteiger charge is -2.13. The van der Waals surface area contributed by atoms with Crippen molar-refractivity contribution in [1.29, 1.82) is 0 Å². The van der Waals surface area contributed by atoms with Gasteiger partial charge in [0.05, 0.1) is 19.9 Å². The highest BCUT2D eigenvalue weighted by Gasteiger charge is 2.21. The van der Waals surface area contributed by atoms with Gasteiger partial charge in [-0.1, -0.05) is 0 Å².